The standard InChI is InChI=1S/C14H8F6N4O2S2/c15-13(16,17)9-7-10(14(18,19)20)24(22-9)12-8(3-1-5-21-12)23-28(25,26)11-4-2-6-27-11/h1-7,23H. The van der Waals surface area contributed by atoms with Gasteiger partial charge in [0.05, 0.1) is 5.69 Å². The van der Waals surface area contributed by atoms with Gasteiger partial charge in [-0.3, -0.25) is 4.72 Å². The van der Waals surface area contributed by atoms with Crippen LogP contribution in [0.2, 0.25) is 0 Å². The van der Waals surface area contributed by atoms with Crippen LogP contribution >= 0.6 is 11.3 Å². The van der Waals surface area contributed by atoms with Crippen molar-refractivity contribution in [3.05, 3.63) is 53.3 Å². The van der Waals surface area contributed by atoms with Crippen LogP contribution in [0.4, 0.5) is 32.0 Å². The molecule has 150 valence electrons. The largest absolute Gasteiger partial charge is 0.435 e. The highest BCUT2D eigenvalue weighted by atomic mass is 32.2. The summed E-state index contributed by atoms with van der Waals surface area (Å²) >= 11 is 0.844. The molecule has 28 heavy (non-hydrogen) atoms. The van der Waals surface area contributed by atoms with E-state index in [1.807, 2.05) is 4.72 Å². The van der Waals surface area contributed by atoms with E-state index in [4.69, 9.17) is 0 Å². The van der Waals surface area contributed by atoms with E-state index in [9.17, 15) is 34.8 Å². The Morgan fingerprint density at radius 2 is 1.75 bits per heavy atom. The fourth-order valence-corrected chi connectivity index (χ4v) is 4.19. The molecular weight excluding hydrogens is 434 g/mol. The van der Waals surface area contributed by atoms with Gasteiger partial charge in [0.2, 0.25) is 0 Å². The zero-order valence-corrected chi connectivity index (χ0v) is 14.9. The van der Waals surface area contributed by atoms with Crippen molar-refractivity contribution in [1.29, 1.82) is 0 Å². The van der Waals surface area contributed by atoms with Crippen LogP contribution in [0.5, 0.6) is 0 Å². The van der Waals surface area contributed by atoms with Crippen molar-refractivity contribution in [3.8, 4) is 5.82 Å². The molecule has 0 aromatic carbocycles. The second-order valence-corrected chi connectivity index (χ2v) is 8.09. The quantitative estimate of drug-likeness (QED) is 0.616. The van der Waals surface area contributed by atoms with Crippen LogP contribution in [0.15, 0.2) is 46.1 Å². The summed E-state index contributed by atoms with van der Waals surface area (Å²) in [5.41, 5.74) is -4.02. The van der Waals surface area contributed by atoms with Crippen molar-refractivity contribution in [2.75, 3.05) is 4.72 Å². The van der Waals surface area contributed by atoms with Gasteiger partial charge in [-0.2, -0.15) is 31.4 Å². The van der Waals surface area contributed by atoms with Gasteiger partial charge in [-0.15, -0.1) is 11.3 Å². The molecule has 0 amide bonds. The molecule has 0 aliphatic carbocycles. The zero-order valence-electron chi connectivity index (χ0n) is 13.3. The van der Waals surface area contributed by atoms with E-state index >= 15 is 0 Å². The number of thiophene rings is 1. The lowest BCUT2D eigenvalue weighted by atomic mass is 10.3. The number of aromatic nitrogens is 3. The molecule has 0 atom stereocenters. The minimum Gasteiger partial charge on any atom is -0.275 e. The molecule has 3 aromatic heterocycles. The Labute approximate surface area is 157 Å². The minimum atomic E-state index is -5.20. The van der Waals surface area contributed by atoms with Crippen molar-refractivity contribution in [2.45, 2.75) is 16.6 Å². The maximum atomic E-state index is 13.2. The molecule has 0 fully saturated rings. The van der Waals surface area contributed by atoms with Crippen LogP contribution in [0.25, 0.3) is 5.82 Å². The normalized spacial score (nSPS) is 12.9. The fourth-order valence-electron chi connectivity index (χ4n) is 2.14. The number of nitrogens with one attached hydrogen (secondary N) is 1. The number of halogens is 6. The van der Waals surface area contributed by atoms with Gasteiger partial charge >= 0.3 is 12.4 Å². The number of anilines is 1. The number of hydrogen-bond acceptors (Lipinski definition) is 5. The lowest BCUT2D eigenvalue weighted by molar-refractivity contribution is -0.143. The first kappa shape index (κ1) is 20.1. The Kier molecular flexibility index (Phi) is 4.87. The molecule has 0 spiro atoms. The Hall–Kier alpha value is -2.61. The van der Waals surface area contributed by atoms with E-state index in [2.05, 4.69) is 10.1 Å². The molecule has 0 aliphatic rings. The summed E-state index contributed by atoms with van der Waals surface area (Å²) in [4.78, 5) is 3.59. The van der Waals surface area contributed by atoms with Crippen LogP contribution in [-0.4, -0.2) is 23.2 Å². The van der Waals surface area contributed by atoms with Crippen LogP contribution in [0.3, 0.4) is 0 Å². The monoisotopic (exact) mass is 442 g/mol. The van der Waals surface area contributed by atoms with Crippen molar-refractivity contribution in [3.63, 3.8) is 0 Å². The molecule has 1 N–H and O–H groups in total. The smallest absolute Gasteiger partial charge is 0.275 e. The molecule has 0 aliphatic heterocycles. The summed E-state index contributed by atoms with van der Waals surface area (Å²) in [6, 6.07) is 4.78. The molecule has 6 nitrogen and oxygen atoms in total. The summed E-state index contributed by atoms with van der Waals surface area (Å²) in [5, 5.41) is 4.41. The molecular formula is C14H8F6N4O2S2. The lowest BCUT2D eigenvalue weighted by Crippen LogP contribution is -2.18. The van der Waals surface area contributed by atoms with Crippen LogP contribution in [-0.2, 0) is 22.4 Å². The van der Waals surface area contributed by atoms with E-state index in [1.165, 1.54) is 23.6 Å². The van der Waals surface area contributed by atoms with E-state index in [1.54, 1.807) is 0 Å². The van der Waals surface area contributed by atoms with E-state index in [0.29, 0.717) is 0 Å². The van der Waals surface area contributed by atoms with Crippen molar-refractivity contribution in [1.82, 2.24) is 14.8 Å². The van der Waals surface area contributed by atoms with Gasteiger partial charge in [0.25, 0.3) is 10.0 Å². The molecule has 3 aromatic rings. The number of nitrogens with zero attached hydrogens (tertiary/aromatic N) is 3. The minimum absolute atomic E-state index is 0.0882. The van der Waals surface area contributed by atoms with Gasteiger partial charge in [-0.05, 0) is 23.6 Å². The topological polar surface area (TPSA) is 76.9 Å². The second kappa shape index (κ2) is 6.77. The predicted molar refractivity (Wildman–Crippen MR) is 86.5 cm³/mol. The Morgan fingerprint density at radius 3 is 2.32 bits per heavy atom. The summed E-state index contributed by atoms with van der Waals surface area (Å²) in [6.07, 6.45) is -9.35. The Morgan fingerprint density at radius 1 is 1.04 bits per heavy atom. The van der Waals surface area contributed by atoms with Crippen LogP contribution < -0.4 is 4.72 Å². The van der Waals surface area contributed by atoms with Gasteiger partial charge in [0.15, 0.2) is 17.2 Å². The summed E-state index contributed by atoms with van der Waals surface area (Å²) in [5.74, 6) is -0.759. The van der Waals surface area contributed by atoms with Gasteiger partial charge < -0.3 is 0 Å². The summed E-state index contributed by atoms with van der Waals surface area (Å²) in [6.45, 7) is 0. The molecule has 0 unspecified atom stereocenters. The average molecular weight is 442 g/mol. The highest BCUT2D eigenvalue weighted by Gasteiger charge is 2.42. The van der Waals surface area contributed by atoms with Gasteiger partial charge in [-0.1, -0.05) is 6.07 Å². The predicted octanol–water partition coefficient (Wildman–Crippen LogP) is 4.17. The first-order valence-electron chi connectivity index (χ1n) is 7.16. The SMILES string of the molecule is O=S(=O)(Nc1cccnc1-n1nc(C(F)(F)F)cc1C(F)(F)F)c1cccs1. The van der Waals surface area contributed by atoms with Gasteiger partial charge in [0, 0.05) is 12.3 Å². The Balaban J connectivity index is 2.15. The molecule has 0 bridgehead atoms. The third-order valence-electron chi connectivity index (χ3n) is 3.28. The van der Waals surface area contributed by atoms with E-state index in [-0.39, 0.29) is 15.0 Å². The third-order valence-corrected chi connectivity index (χ3v) is 6.04. The third kappa shape index (κ3) is 3.96. The Bertz CT molecular complexity index is 1090. The van der Waals surface area contributed by atoms with Crippen LogP contribution in [0, 0.1) is 0 Å². The fraction of sp³-hybridized carbons (Fsp3) is 0.143. The number of pyridine rings is 1. The zero-order chi connectivity index (χ0) is 20.7. The molecule has 14 heteroatoms. The second-order valence-electron chi connectivity index (χ2n) is 5.23. The van der Waals surface area contributed by atoms with Crippen molar-refractivity contribution in [2.24, 2.45) is 0 Å². The lowest BCUT2D eigenvalue weighted by Gasteiger charge is -2.14. The molecule has 0 saturated carbocycles. The van der Waals surface area contributed by atoms with Gasteiger partial charge in [0.1, 0.15) is 4.21 Å². The number of alkyl halides is 6. The highest BCUT2D eigenvalue weighted by molar-refractivity contribution is 7.94. The molecule has 3 rings (SSSR count). The highest BCUT2D eigenvalue weighted by Crippen LogP contribution is 2.37. The maximum Gasteiger partial charge on any atom is 0.435 e. The average Bonchev–Trinajstić information content (AvgIpc) is 3.24. The molecule has 0 saturated heterocycles. The van der Waals surface area contributed by atoms with Crippen LogP contribution in [0.1, 0.15) is 11.4 Å². The summed E-state index contributed by atoms with van der Waals surface area (Å²) < 4.78 is 105. The molecule has 3 heterocycles. The first-order valence-corrected chi connectivity index (χ1v) is 9.52. The van der Waals surface area contributed by atoms with Crippen molar-refractivity contribution >= 4 is 27.0 Å². The number of rotatable bonds is 4. The summed E-state index contributed by atoms with van der Waals surface area (Å²) in [7, 11) is -4.19. The first-order chi connectivity index (χ1) is 12.9. The number of sulfonamides is 1. The van der Waals surface area contributed by atoms with E-state index in [0.717, 1.165) is 23.6 Å². The molecule has 0 radical (unpaired) electrons. The van der Waals surface area contributed by atoms with E-state index < -0.39 is 45.3 Å². The maximum absolute atomic E-state index is 13.2. The van der Waals surface area contributed by atoms with Gasteiger partial charge in [-0.25, -0.2) is 18.1 Å². The van der Waals surface area contributed by atoms with Crippen molar-refractivity contribution < 1.29 is 34.8 Å². The number of hydrogen-bond donors (Lipinski definition) is 1.